The van der Waals surface area contributed by atoms with E-state index in [0.29, 0.717) is 5.69 Å². The third-order valence-corrected chi connectivity index (χ3v) is 3.19. The van der Waals surface area contributed by atoms with Gasteiger partial charge in [0.15, 0.2) is 0 Å². The molecule has 0 radical (unpaired) electrons. The second kappa shape index (κ2) is 4.58. The monoisotopic (exact) mass is 252 g/mol. The van der Waals surface area contributed by atoms with Crippen molar-refractivity contribution in [3.05, 3.63) is 33.2 Å². The van der Waals surface area contributed by atoms with Crippen molar-refractivity contribution in [3.8, 4) is 11.3 Å². The molecule has 0 unspecified atom stereocenters. The molecule has 6 heteroatoms. The van der Waals surface area contributed by atoms with Gasteiger partial charge >= 0.3 is 5.97 Å². The summed E-state index contributed by atoms with van der Waals surface area (Å²) in [6, 6.07) is 2.73. The van der Waals surface area contributed by atoms with E-state index in [4.69, 9.17) is 0 Å². The number of esters is 1. The van der Waals surface area contributed by atoms with Gasteiger partial charge < -0.3 is 4.74 Å². The highest BCUT2D eigenvalue weighted by atomic mass is 32.1. The molecular weight excluding hydrogens is 240 g/mol. The summed E-state index contributed by atoms with van der Waals surface area (Å²) < 4.78 is 5.87. The van der Waals surface area contributed by atoms with Crippen LogP contribution in [0.15, 0.2) is 27.7 Å². The van der Waals surface area contributed by atoms with E-state index in [1.807, 2.05) is 16.8 Å². The molecule has 5 nitrogen and oxygen atoms in total. The maximum atomic E-state index is 11.7. The first-order chi connectivity index (χ1) is 8.13. The molecule has 17 heavy (non-hydrogen) atoms. The fourth-order valence-electron chi connectivity index (χ4n) is 1.54. The lowest BCUT2D eigenvalue weighted by atomic mass is 10.2. The van der Waals surface area contributed by atoms with E-state index in [0.717, 1.165) is 5.56 Å². The van der Waals surface area contributed by atoms with E-state index in [-0.39, 0.29) is 5.56 Å². The lowest BCUT2D eigenvalue weighted by Crippen LogP contribution is -2.26. The fourth-order valence-corrected chi connectivity index (χ4v) is 2.20. The Hall–Kier alpha value is -1.82. The number of thiophene rings is 1. The third kappa shape index (κ3) is 2.16. The summed E-state index contributed by atoms with van der Waals surface area (Å²) >= 11 is 1.55. The number of carbonyl (C=O) groups excluding carboxylic acids is 1. The van der Waals surface area contributed by atoms with Crippen molar-refractivity contribution in [1.82, 2.24) is 9.78 Å². The van der Waals surface area contributed by atoms with Crippen molar-refractivity contribution in [3.63, 3.8) is 0 Å². The van der Waals surface area contributed by atoms with E-state index < -0.39 is 12.0 Å². The van der Waals surface area contributed by atoms with E-state index >= 15 is 0 Å². The Morgan fingerprint density at radius 2 is 2.35 bits per heavy atom. The maximum Gasteiger partial charge on any atom is 0.330 e. The number of hydrogen-bond acceptors (Lipinski definition) is 4. The van der Waals surface area contributed by atoms with Gasteiger partial charge in [0.2, 0.25) is 0 Å². The molecule has 0 fully saturated rings. The summed E-state index contributed by atoms with van der Waals surface area (Å²) in [6.07, 6.45) is 0. The van der Waals surface area contributed by atoms with Crippen molar-refractivity contribution in [2.24, 2.45) is 0 Å². The van der Waals surface area contributed by atoms with Gasteiger partial charge in [-0.25, -0.2) is 9.48 Å². The van der Waals surface area contributed by atoms with Crippen LogP contribution in [0.1, 0.15) is 13.0 Å². The zero-order chi connectivity index (χ0) is 12.4. The molecule has 0 saturated carbocycles. The van der Waals surface area contributed by atoms with E-state index in [1.54, 1.807) is 18.3 Å². The summed E-state index contributed by atoms with van der Waals surface area (Å²) in [5.41, 5.74) is 1.39. The quantitative estimate of drug-likeness (QED) is 0.844. The van der Waals surface area contributed by atoms with Gasteiger partial charge in [-0.05, 0) is 18.4 Å². The number of H-pyrrole nitrogens is 1. The average Bonchev–Trinajstić information content (AvgIpc) is 2.95. The van der Waals surface area contributed by atoms with Gasteiger partial charge in [0.1, 0.15) is 6.04 Å². The molecule has 2 rings (SSSR count). The number of aromatic nitrogens is 2. The second-order valence-electron chi connectivity index (χ2n) is 3.59. The zero-order valence-electron chi connectivity index (χ0n) is 9.47. The fraction of sp³-hybridized carbons (Fsp3) is 0.273. The minimum absolute atomic E-state index is 0.246. The molecule has 2 aromatic heterocycles. The van der Waals surface area contributed by atoms with Gasteiger partial charge in [0, 0.05) is 17.0 Å². The normalized spacial score (nSPS) is 12.4. The van der Waals surface area contributed by atoms with Crippen LogP contribution in [0.2, 0.25) is 0 Å². The van der Waals surface area contributed by atoms with Gasteiger partial charge in [-0.3, -0.25) is 9.89 Å². The van der Waals surface area contributed by atoms with Crippen molar-refractivity contribution >= 4 is 17.3 Å². The van der Waals surface area contributed by atoms with Crippen LogP contribution in [-0.4, -0.2) is 22.9 Å². The van der Waals surface area contributed by atoms with Crippen LogP contribution in [0, 0.1) is 0 Å². The summed E-state index contributed by atoms with van der Waals surface area (Å²) in [7, 11) is 1.30. The largest absolute Gasteiger partial charge is 0.467 e. The Morgan fingerprint density at radius 1 is 1.59 bits per heavy atom. The second-order valence-corrected chi connectivity index (χ2v) is 4.37. The zero-order valence-corrected chi connectivity index (χ0v) is 10.3. The summed E-state index contributed by atoms with van der Waals surface area (Å²) in [6.45, 7) is 1.61. The number of carbonyl (C=O) groups is 1. The Bertz CT molecular complexity index is 568. The van der Waals surface area contributed by atoms with Crippen molar-refractivity contribution < 1.29 is 9.53 Å². The van der Waals surface area contributed by atoms with Crippen LogP contribution < -0.4 is 5.56 Å². The SMILES string of the molecule is COC(=O)[C@@H](C)n1[nH]c(-c2ccsc2)cc1=O. The van der Waals surface area contributed by atoms with Crippen LogP contribution in [0.5, 0.6) is 0 Å². The number of hydrogen-bond donors (Lipinski definition) is 1. The van der Waals surface area contributed by atoms with E-state index in [9.17, 15) is 9.59 Å². The maximum absolute atomic E-state index is 11.7. The molecule has 0 aliphatic carbocycles. The van der Waals surface area contributed by atoms with Crippen molar-refractivity contribution in [1.29, 1.82) is 0 Å². The Kier molecular flexibility index (Phi) is 3.14. The topological polar surface area (TPSA) is 64.1 Å². The van der Waals surface area contributed by atoms with Crippen LogP contribution in [0.4, 0.5) is 0 Å². The number of ether oxygens (including phenoxy) is 1. The third-order valence-electron chi connectivity index (χ3n) is 2.51. The molecule has 0 aliphatic heterocycles. The standard InChI is InChI=1S/C11H12N2O3S/c1-7(11(15)16-2)13-10(14)5-9(12-13)8-3-4-17-6-8/h3-7,12H,1-2H3/t7-/m1/s1. The number of nitrogens with one attached hydrogen (secondary N) is 1. The highest BCUT2D eigenvalue weighted by molar-refractivity contribution is 7.08. The number of methoxy groups -OCH3 is 1. The molecule has 2 heterocycles. The first kappa shape index (κ1) is 11.7. The summed E-state index contributed by atoms with van der Waals surface area (Å²) in [5.74, 6) is -0.453. The van der Waals surface area contributed by atoms with Crippen molar-refractivity contribution in [2.45, 2.75) is 13.0 Å². The average molecular weight is 252 g/mol. The molecule has 0 spiro atoms. The predicted octanol–water partition coefficient (Wildman–Crippen LogP) is 1.64. The molecule has 90 valence electrons. The molecule has 0 bridgehead atoms. The molecule has 0 amide bonds. The number of nitrogens with zero attached hydrogens (tertiary/aromatic N) is 1. The summed E-state index contributed by atoms with van der Waals surface area (Å²) in [5, 5.41) is 6.76. The van der Waals surface area contributed by atoms with Gasteiger partial charge in [0.25, 0.3) is 5.56 Å². The first-order valence-corrected chi connectivity index (χ1v) is 5.99. The van der Waals surface area contributed by atoms with Crippen LogP contribution >= 0.6 is 11.3 Å². The van der Waals surface area contributed by atoms with E-state index in [2.05, 4.69) is 9.84 Å². The lowest BCUT2D eigenvalue weighted by molar-refractivity contribution is -0.144. The smallest absolute Gasteiger partial charge is 0.330 e. The molecular formula is C11H12N2O3S. The number of rotatable bonds is 3. The Balaban J connectivity index is 2.38. The Morgan fingerprint density at radius 3 is 2.94 bits per heavy atom. The minimum atomic E-state index is -0.653. The Labute approximate surface area is 102 Å². The molecule has 1 atom stereocenters. The predicted molar refractivity (Wildman–Crippen MR) is 65.1 cm³/mol. The highest BCUT2D eigenvalue weighted by Crippen LogP contribution is 2.19. The van der Waals surface area contributed by atoms with Crippen LogP contribution in [0.3, 0.4) is 0 Å². The highest BCUT2D eigenvalue weighted by Gasteiger charge is 2.18. The minimum Gasteiger partial charge on any atom is -0.467 e. The molecule has 0 saturated heterocycles. The molecule has 0 aromatic carbocycles. The molecule has 1 N–H and O–H groups in total. The van der Waals surface area contributed by atoms with Crippen LogP contribution in [-0.2, 0) is 9.53 Å². The van der Waals surface area contributed by atoms with Crippen molar-refractivity contribution in [2.75, 3.05) is 7.11 Å². The van der Waals surface area contributed by atoms with Gasteiger partial charge in [0.05, 0.1) is 12.8 Å². The van der Waals surface area contributed by atoms with Gasteiger partial charge in [-0.15, -0.1) is 0 Å². The van der Waals surface area contributed by atoms with E-state index in [1.165, 1.54) is 17.9 Å². The van der Waals surface area contributed by atoms with Gasteiger partial charge in [-0.1, -0.05) is 0 Å². The van der Waals surface area contributed by atoms with Gasteiger partial charge in [-0.2, -0.15) is 11.3 Å². The molecule has 0 aliphatic rings. The molecule has 2 aromatic rings. The van der Waals surface area contributed by atoms with Crippen LogP contribution in [0.25, 0.3) is 11.3 Å². The first-order valence-electron chi connectivity index (χ1n) is 5.05. The summed E-state index contributed by atoms with van der Waals surface area (Å²) in [4.78, 5) is 23.1. The lowest BCUT2D eigenvalue weighted by Gasteiger charge is -2.09. The number of aromatic amines is 1.